The first-order chi connectivity index (χ1) is 4.49. The summed E-state index contributed by atoms with van der Waals surface area (Å²) >= 11 is 1.76. The van der Waals surface area contributed by atoms with Gasteiger partial charge in [-0.25, -0.2) is 8.42 Å². The molecule has 1 aliphatic rings. The Labute approximate surface area is 66.3 Å². The minimum absolute atomic E-state index is 0.286. The van der Waals surface area contributed by atoms with Crippen molar-refractivity contribution in [1.29, 1.82) is 0 Å². The fourth-order valence-corrected chi connectivity index (χ4v) is 5.49. The molecule has 0 bridgehead atoms. The molecule has 1 saturated heterocycles. The highest BCUT2D eigenvalue weighted by molar-refractivity contribution is 8.04. The Bertz CT molecular complexity index is 192. The van der Waals surface area contributed by atoms with Crippen molar-refractivity contribution in [3.63, 3.8) is 0 Å². The van der Waals surface area contributed by atoms with Gasteiger partial charge in [-0.05, 0) is 0 Å². The molecule has 0 spiro atoms. The average molecular weight is 180 g/mol. The second-order valence-corrected chi connectivity index (χ2v) is 6.87. The molecule has 2 atom stereocenters. The van der Waals surface area contributed by atoms with Crippen LogP contribution < -0.4 is 0 Å². The molecule has 0 radical (unpaired) electrons. The van der Waals surface area contributed by atoms with E-state index in [0.29, 0.717) is 11.5 Å². The highest BCUT2D eigenvalue weighted by atomic mass is 32.2. The van der Waals surface area contributed by atoms with Crippen molar-refractivity contribution >= 4 is 21.6 Å². The molecule has 60 valence electrons. The summed E-state index contributed by atoms with van der Waals surface area (Å²) in [6.07, 6.45) is 0. The Kier molecular flexibility index (Phi) is 2.30. The van der Waals surface area contributed by atoms with E-state index >= 15 is 0 Å². The van der Waals surface area contributed by atoms with Gasteiger partial charge in [0.25, 0.3) is 0 Å². The largest absolute Gasteiger partial charge is 0.229 e. The minimum atomic E-state index is -2.70. The summed E-state index contributed by atoms with van der Waals surface area (Å²) in [6, 6.07) is 0. The summed E-state index contributed by atoms with van der Waals surface area (Å²) in [5.74, 6) is 0.726. The van der Waals surface area contributed by atoms with Crippen LogP contribution in [-0.4, -0.2) is 30.4 Å². The van der Waals surface area contributed by atoms with Gasteiger partial charge in [0, 0.05) is 10.5 Å². The van der Waals surface area contributed by atoms with Crippen molar-refractivity contribution in [2.75, 3.05) is 11.5 Å². The lowest BCUT2D eigenvalue weighted by molar-refractivity contribution is 0.592. The monoisotopic (exact) mass is 180 g/mol. The summed E-state index contributed by atoms with van der Waals surface area (Å²) in [5.41, 5.74) is 0. The van der Waals surface area contributed by atoms with Gasteiger partial charge in [-0.15, -0.1) is 0 Å². The van der Waals surface area contributed by atoms with Crippen molar-refractivity contribution in [3.05, 3.63) is 0 Å². The Balaban J connectivity index is 2.69. The molecule has 0 saturated carbocycles. The molecule has 0 N–H and O–H groups in total. The van der Waals surface area contributed by atoms with Gasteiger partial charge >= 0.3 is 0 Å². The molecule has 1 heterocycles. The highest BCUT2D eigenvalue weighted by Crippen LogP contribution is 2.25. The number of hydrogen-bond donors (Lipinski definition) is 0. The van der Waals surface area contributed by atoms with Gasteiger partial charge < -0.3 is 0 Å². The zero-order valence-electron chi connectivity index (χ0n) is 6.20. The lowest BCUT2D eigenvalue weighted by atomic mass is 10.5. The second kappa shape index (κ2) is 2.74. The lowest BCUT2D eigenvalue weighted by Crippen LogP contribution is -2.30. The van der Waals surface area contributed by atoms with Gasteiger partial charge in [0.05, 0.1) is 11.5 Å². The first-order valence-electron chi connectivity index (χ1n) is 3.35. The van der Waals surface area contributed by atoms with Crippen LogP contribution in [0.15, 0.2) is 0 Å². The molecular formula is C6H12O2S2. The highest BCUT2D eigenvalue weighted by Gasteiger charge is 2.26. The molecule has 10 heavy (non-hydrogen) atoms. The van der Waals surface area contributed by atoms with E-state index < -0.39 is 9.84 Å². The summed E-state index contributed by atoms with van der Waals surface area (Å²) in [6.45, 7) is 3.94. The van der Waals surface area contributed by atoms with E-state index in [1.807, 2.05) is 13.8 Å². The van der Waals surface area contributed by atoms with E-state index in [2.05, 4.69) is 0 Å². The molecular weight excluding hydrogens is 168 g/mol. The molecule has 0 aromatic carbocycles. The van der Waals surface area contributed by atoms with Crippen molar-refractivity contribution < 1.29 is 8.42 Å². The fraction of sp³-hybridized carbons (Fsp3) is 1.00. The SMILES string of the molecule is CC1CS(=O)(=O)CC(C)S1. The van der Waals surface area contributed by atoms with Gasteiger partial charge in [0.1, 0.15) is 0 Å². The van der Waals surface area contributed by atoms with Crippen molar-refractivity contribution in [2.45, 2.75) is 24.3 Å². The zero-order valence-corrected chi connectivity index (χ0v) is 7.83. The molecule has 1 rings (SSSR count). The maximum atomic E-state index is 11.1. The summed E-state index contributed by atoms with van der Waals surface area (Å²) in [5, 5.41) is 0.572. The molecule has 0 amide bonds. The van der Waals surface area contributed by atoms with Crippen LogP contribution in [0.4, 0.5) is 0 Å². The van der Waals surface area contributed by atoms with Gasteiger partial charge in [0.15, 0.2) is 9.84 Å². The van der Waals surface area contributed by atoms with Crippen LogP contribution in [0.25, 0.3) is 0 Å². The van der Waals surface area contributed by atoms with Crippen LogP contribution in [0.5, 0.6) is 0 Å². The lowest BCUT2D eigenvalue weighted by Gasteiger charge is -2.22. The van der Waals surface area contributed by atoms with Crippen molar-refractivity contribution in [2.24, 2.45) is 0 Å². The Morgan fingerprint density at radius 2 is 1.60 bits per heavy atom. The Morgan fingerprint density at radius 3 is 1.90 bits per heavy atom. The minimum Gasteiger partial charge on any atom is -0.229 e. The second-order valence-electron chi connectivity index (χ2n) is 2.83. The van der Waals surface area contributed by atoms with Gasteiger partial charge in [-0.3, -0.25) is 0 Å². The van der Waals surface area contributed by atoms with Crippen LogP contribution in [0.1, 0.15) is 13.8 Å². The van der Waals surface area contributed by atoms with E-state index in [9.17, 15) is 8.42 Å². The normalized spacial score (nSPS) is 39.4. The molecule has 2 nitrogen and oxygen atoms in total. The average Bonchev–Trinajstić information content (AvgIpc) is 1.54. The maximum absolute atomic E-state index is 11.1. The summed E-state index contributed by atoms with van der Waals surface area (Å²) < 4.78 is 22.1. The molecule has 1 fully saturated rings. The predicted octanol–water partition coefficient (Wildman–Crippen LogP) is 0.925. The smallest absolute Gasteiger partial charge is 0.152 e. The third-order valence-electron chi connectivity index (χ3n) is 1.44. The number of hydrogen-bond acceptors (Lipinski definition) is 3. The van der Waals surface area contributed by atoms with Crippen LogP contribution >= 0.6 is 11.8 Å². The van der Waals surface area contributed by atoms with E-state index in [1.165, 1.54) is 0 Å². The molecule has 0 aromatic heterocycles. The van der Waals surface area contributed by atoms with E-state index in [1.54, 1.807) is 11.8 Å². The Morgan fingerprint density at radius 1 is 1.20 bits per heavy atom. The fourth-order valence-electron chi connectivity index (χ4n) is 1.26. The maximum Gasteiger partial charge on any atom is 0.152 e. The zero-order chi connectivity index (χ0) is 7.78. The number of thioether (sulfide) groups is 1. The van der Waals surface area contributed by atoms with E-state index in [-0.39, 0.29) is 10.5 Å². The topological polar surface area (TPSA) is 34.1 Å². The van der Waals surface area contributed by atoms with Gasteiger partial charge in [0.2, 0.25) is 0 Å². The standard InChI is InChI=1S/C6H12O2S2/c1-5-3-10(7,8)4-6(2)9-5/h5-6H,3-4H2,1-2H3. The molecule has 0 aliphatic carbocycles. The quantitative estimate of drug-likeness (QED) is 0.556. The third kappa shape index (κ3) is 2.16. The molecule has 2 unspecified atom stereocenters. The first-order valence-corrected chi connectivity index (χ1v) is 6.12. The van der Waals surface area contributed by atoms with Crippen molar-refractivity contribution in [1.82, 2.24) is 0 Å². The predicted molar refractivity (Wildman–Crippen MR) is 45.2 cm³/mol. The van der Waals surface area contributed by atoms with E-state index in [4.69, 9.17) is 0 Å². The molecule has 0 aromatic rings. The molecule has 1 aliphatic heterocycles. The van der Waals surface area contributed by atoms with Gasteiger partial charge in [-0.2, -0.15) is 11.8 Å². The van der Waals surface area contributed by atoms with Crippen LogP contribution in [-0.2, 0) is 9.84 Å². The molecule has 4 heteroatoms. The summed E-state index contributed by atoms with van der Waals surface area (Å²) in [4.78, 5) is 0. The van der Waals surface area contributed by atoms with Crippen LogP contribution in [0.3, 0.4) is 0 Å². The van der Waals surface area contributed by atoms with E-state index in [0.717, 1.165) is 0 Å². The van der Waals surface area contributed by atoms with Crippen LogP contribution in [0.2, 0.25) is 0 Å². The first kappa shape index (κ1) is 8.40. The van der Waals surface area contributed by atoms with Gasteiger partial charge in [-0.1, -0.05) is 13.8 Å². The van der Waals surface area contributed by atoms with Crippen molar-refractivity contribution in [3.8, 4) is 0 Å². The van der Waals surface area contributed by atoms with Crippen LogP contribution in [0, 0.1) is 0 Å². The number of sulfone groups is 1. The third-order valence-corrected chi connectivity index (χ3v) is 5.14. The Hall–Kier alpha value is 0.300. The summed E-state index contributed by atoms with van der Waals surface area (Å²) in [7, 11) is -2.70. The number of rotatable bonds is 0.